The molecule has 4 nitrogen and oxygen atoms in total. The molecule has 1 atom stereocenters. The molecule has 0 radical (unpaired) electrons. The van der Waals surface area contributed by atoms with Crippen LogP contribution in [0.5, 0.6) is 0 Å². The fourth-order valence-electron chi connectivity index (χ4n) is 1.68. The molecule has 1 unspecified atom stereocenters. The lowest BCUT2D eigenvalue weighted by Crippen LogP contribution is -2.24. The SMILES string of the molecule is CNC(COCCOCCOC)c1cccc(F)c1F. The second-order valence-electron chi connectivity index (χ2n) is 4.16. The minimum atomic E-state index is -0.856. The summed E-state index contributed by atoms with van der Waals surface area (Å²) in [5.74, 6) is -1.70. The summed E-state index contributed by atoms with van der Waals surface area (Å²) in [5, 5.41) is 2.91. The van der Waals surface area contributed by atoms with E-state index >= 15 is 0 Å². The van der Waals surface area contributed by atoms with Crippen molar-refractivity contribution >= 4 is 0 Å². The van der Waals surface area contributed by atoms with Crippen LogP contribution in [0.25, 0.3) is 0 Å². The highest BCUT2D eigenvalue weighted by Gasteiger charge is 2.16. The van der Waals surface area contributed by atoms with Gasteiger partial charge in [0.15, 0.2) is 11.6 Å². The smallest absolute Gasteiger partial charge is 0.163 e. The Labute approximate surface area is 118 Å². The number of methoxy groups -OCH3 is 1. The van der Waals surface area contributed by atoms with Gasteiger partial charge in [-0.3, -0.25) is 0 Å². The Hall–Kier alpha value is -1.08. The molecule has 0 aliphatic heterocycles. The molecular weight excluding hydrogens is 268 g/mol. The first-order valence-corrected chi connectivity index (χ1v) is 6.46. The first-order chi connectivity index (χ1) is 9.70. The molecule has 1 aromatic rings. The van der Waals surface area contributed by atoms with E-state index in [4.69, 9.17) is 14.2 Å². The highest BCUT2D eigenvalue weighted by molar-refractivity contribution is 5.22. The van der Waals surface area contributed by atoms with Crippen LogP contribution in [0.1, 0.15) is 11.6 Å². The summed E-state index contributed by atoms with van der Waals surface area (Å²) in [5.41, 5.74) is 0.257. The number of halogens is 2. The second-order valence-corrected chi connectivity index (χ2v) is 4.16. The number of nitrogens with one attached hydrogen (secondary N) is 1. The number of likely N-dealkylation sites (N-methyl/N-ethyl adjacent to an activating group) is 1. The summed E-state index contributed by atoms with van der Waals surface area (Å²) < 4.78 is 42.3. The van der Waals surface area contributed by atoms with Crippen molar-refractivity contribution in [2.75, 3.05) is 47.2 Å². The first-order valence-electron chi connectivity index (χ1n) is 6.46. The number of ether oxygens (including phenoxy) is 3. The van der Waals surface area contributed by atoms with Crippen LogP contribution in [0.2, 0.25) is 0 Å². The maximum atomic E-state index is 13.6. The lowest BCUT2D eigenvalue weighted by molar-refractivity contribution is 0.0195. The molecule has 0 spiro atoms. The zero-order valence-corrected chi connectivity index (χ0v) is 11.8. The van der Waals surface area contributed by atoms with Gasteiger partial charge in [0, 0.05) is 12.7 Å². The maximum Gasteiger partial charge on any atom is 0.163 e. The lowest BCUT2D eigenvalue weighted by atomic mass is 10.1. The summed E-state index contributed by atoms with van der Waals surface area (Å²) in [4.78, 5) is 0. The van der Waals surface area contributed by atoms with E-state index in [1.165, 1.54) is 12.1 Å². The fourth-order valence-corrected chi connectivity index (χ4v) is 1.68. The van der Waals surface area contributed by atoms with E-state index in [0.717, 1.165) is 6.07 Å². The normalized spacial score (nSPS) is 12.6. The quantitative estimate of drug-likeness (QED) is 0.668. The topological polar surface area (TPSA) is 39.7 Å². The third-order valence-electron chi connectivity index (χ3n) is 2.79. The van der Waals surface area contributed by atoms with Crippen LogP contribution < -0.4 is 5.32 Å². The van der Waals surface area contributed by atoms with Crippen LogP contribution >= 0.6 is 0 Å². The van der Waals surface area contributed by atoms with Gasteiger partial charge in [-0.15, -0.1) is 0 Å². The summed E-state index contributed by atoms with van der Waals surface area (Å²) in [7, 11) is 3.28. The predicted octanol–water partition coefficient (Wildman–Crippen LogP) is 1.90. The molecule has 0 fully saturated rings. The Kier molecular flexibility index (Phi) is 8.29. The molecule has 0 amide bonds. The third-order valence-corrected chi connectivity index (χ3v) is 2.79. The highest BCUT2D eigenvalue weighted by atomic mass is 19.2. The zero-order valence-electron chi connectivity index (χ0n) is 11.8. The van der Waals surface area contributed by atoms with Gasteiger partial charge in [-0.25, -0.2) is 8.78 Å². The molecule has 0 aliphatic rings. The molecule has 6 heteroatoms. The summed E-state index contributed by atoms with van der Waals surface area (Å²) in [6, 6.07) is 3.71. The van der Waals surface area contributed by atoms with Crippen molar-refractivity contribution in [1.29, 1.82) is 0 Å². The van der Waals surface area contributed by atoms with Gasteiger partial charge < -0.3 is 19.5 Å². The summed E-state index contributed by atoms with van der Waals surface area (Å²) in [6.07, 6.45) is 0. The third kappa shape index (κ3) is 5.50. The molecule has 0 aliphatic carbocycles. The van der Waals surface area contributed by atoms with E-state index in [-0.39, 0.29) is 12.2 Å². The minimum Gasteiger partial charge on any atom is -0.382 e. The van der Waals surface area contributed by atoms with E-state index in [2.05, 4.69) is 5.32 Å². The average molecular weight is 289 g/mol. The first kappa shape index (κ1) is 17.0. The van der Waals surface area contributed by atoms with Gasteiger partial charge >= 0.3 is 0 Å². The van der Waals surface area contributed by atoms with Crippen LogP contribution in [0.4, 0.5) is 8.78 Å². The van der Waals surface area contributed by atoms with E-state index in [1.54, 1.807) is 14.2 Å². The molecular formula is C14H21F2NO3. The van der Waals surface area contributed by atoms with Gasteiger partial charge in [0.05, 0.1) is 39.1 Å². The van der Waals surface area contributed by atoms with E-state index < -0.39 is 17.7 Å². The van der Waals surface area contributed by atoms with Crippen molar-refractivity contribution in [3.05, 3.63) is 35.4 Å². The molecule has 1 N–H and O–H groups in total. The molecule has 0 saturated heterocycles. The summed E-state index contributed by atoms with van der Waals surface area (Å²) in [6.45, 7) is 2.11. The lowest BCUT2D eigenvalue weighted by Gasteiger charge is -2.17. The largest absolute Gasteiger partial charge is 0.382 e. The molecule has 0 saturated carbocycles. The van der Waals surface area contributed by atoms with E-state index in [9.17, 15) is 8.78 Å². The molecule has 1 rings (SSSR count). The number of benzene rings is 1. The number of hydrogen-bond acceptors (Lipinski definition) is 4. The van der Waals surface area contributed by atoms with Crippen molar-refractivity contribution in [3.8, 4) is 0 Å². The Balaban J connectivity index is 2.34. The number of hydrogen-bond donors (Lipinski definition) is 1. The Morgan fingerprint density at radius 3 is 2.50 bits per heavy atom. The fraction of sp³-hybridized carbons (Fsp3) is 0.571. The average Bonchev–Trinajstić information content (AvgIpc) is 2.46. The van der Waals surface area contributed by atoms with Gasteiger partial charge in [-0.1, -0.05) is 12.1 Å². The maximum absolute atomic E-state index is 13.6. The minimum absolute atomic E-state index is 0.241. The molecule has 20 heavy (non-hydrogen) atoms. The Morgan fingerprint density at radius 2 is 1.80 bits per heavy atom. The summed E-state index contributed by atoms with van der Waals surface area (Å²) >= 11 is 0. The van der Waals surface area contributed by atoms with Crippen molar-refractivity contribution < 1.29 is 23.0 Å². The van der Waals surface area contributed by atoms with Gasteiger partial charge in [-0.05, 0) is 13.1 Å². The highest BCUT2D eigenvalue weighted by Crippen LogP contribution is 2.19. The van der Waals surface area contributed by atoms with Gasteiger partial charge in [-0.2, -0.15) is 0 Å². The molecule has 114 valence electrons. The molecule has 0 heterocycles. The molecule has 1 aromatic carbocycles. The van der Waals surface area contributed by atoms with E-state index in [0.29, 0.717) is 26.4 Å². The van der Waals surface area contributed by atoms with Crippen LogP contribution in [-0.4, -0.2) is 47.2 Å². The van der Waals surface area contributed by atoms with Crippen LogP contribution in [-0.2, 0) is 14.2 Å². The van der Waals surface area contributed by atoms with Crippen LogP contribution in [0.15, 0.2) is 18.2 Å². The predicted molar refractivity (Wildman–Crippen MR) is 71.7 cm³/mol. The van der Waals surface area contributed by atoms with Crippen molar-refractivity contribution in [2.24, 2.45) is 0 Å². The molecule has 0 bridgehead atoms. The van der Waals surface area contributed by atoms with Crippen LogP contribution in [0.3, 0.4) is 0 Å². The zero-order chi connectivity index (χ0) is 14.8. The van der Waals surface area contributed by atoms with Crippen molar-refractivity contribution in [3.63, 3.8) is 0 Å². The van der Waals surface area contributed by atoms with E-state index in [1.807, 2.05) is 0 Å². The Bertz CT molecular complexity index is 391. The van der Waals surface area contributed by atoms with Gasteiger partial charge in [0.1, 0.15) is 0 Å². The van der Waals surface area contributed by atoms with Crippen molar-refractivity contribution in [2.45, 2.75) is 6.04 Å². The van der Waals surface area contributed by atoms with Crippen LogP contribution in [0, 0.1) is 11.6 Å². The number of rotatable bonds is 10. The van der Waals surface area contributed by atoms with Gasteiger partial charge in [0.2, 0.25) is 0 Å². The standard InChI is InChI=1S/C14H21F2NO3/c1-17-13(10-20-9-8-19-7-6-18-2)11-4-3-5-12(15)14(11)16/h3-5,13,17H,6-10H2,1-2H3. The molecule has 0 aromatic heterocycles. The van der Waals surface area contributed by atoms with Crippen molar-refractivity contribution in [1.82, 2.24) is 5.32 Å². The Morgan fingerprint density at radius 1 is 1.10 bits per heavy atom. The van der Waals surface area contributed by atoms with Gasteiger partial charge in [0.25, 0.3) is 0 Å². The monoisotopic (exact) mass is 289 g/mol. The second kappa shape index (κ2) is 9.77.